The molecule has 1 saturated heterocycles. The van der Waals surface area contributed by atoms with Gasteiger partial charge in [-0.05, 0) is 54.6 Å². The Hall–Kier alpha value is -2.43. The van der Waals surface area contributed by atoms with Crippen LogP contribution in [0, 0.1) is 5.92 Å². The van der Waals surface area contributed by atoms with Gasteiger partial charge < -0.3 is 4.74 Å². The van der Waals surface area contributed by atoms with Crippen molar-refractivity contribution in [1.82, 2.24) is 9.88 Å². The van der Waals surface area contributed by atoms with Crippen LogP contribution in [-0.4, -0.2) is 35.9 Å². The van der Waals surface area contributed by atoms with Crippen LogP contribution in [0.3, 0.4) is 0 Å². The van der Waals surface area contributed by atoms with E-state index in [0.717, 1.165) is 37.9 Å². The first kappa shape index (κ1) is 18.9. The number of nitrogens with zero attached hydrogens (tertiary/aromatic N) is 2. The van der Waals surface area contributed by atoms with Gasteiger partial charge in [0.15, 0.2) is 5.78 Å². The van der Waals surface area contributed by atoms with E-state index in [2.05, 4.69) is 34.1 Å². The molecule has 0 unspecified atom stereocenters. The number of hydrogen-bond donors (Lipinski definition) is 0. The minimum Gasteiger partial charge on any atom is -0.496 e. The largest absolute Gasteiger partial charge is 0.496 e. The number of pyridine rings is 1. The summed E-state index contributed by atoms with van der Waals surface area (Å²) >= 11 is 6.12. The predicted molar refractivity (Wildman–Crippen MR) is 112 cm³/mol. The van der Waals surface area contributed by atoms with Crippen LogP contribution in [0.15, 0.2) is 54.9 Å². The summed E-state index contributed by atoms with van der Waals surface area (Å²) in [6.07, 6.45) is 5.63. The molecule has 28 heavy (non-hydrogen) atoms. The highest BCUT2D eigenvalue weighted by atomic mass is 35.5. The van der Waals surface area contributed by atoms with E-state index in [0.29, 0.717) is 16.3 Å². The normalized spacial score (nSPS) is 17.6. The lowest BCUT2D eigenvalue weighted by Crippen LogP contribution is -2.38. The highest BCUT2D eigenvalue weighted by Gasteiger charge is 2.28. The Morgan fingerprint density at radius 2 is 2.18 bits per heavy atom. The molecule has 1 aliphatic rings. The quantitative estimate of drug-likeness (QED) is 0.571. The van der Waals surface area contributed by atoms with E-state index in [-0.39, 0.29) is 11.7 Å². The number of carbonyl (C=O) groups excluding carboxylic acids is 1. The molecule has 0 radical (unpaired) electrons. The van der Waals surface area contributed by atoms with Gasteiger partial charge in [0, 0.05) is 41.8 Å². The van der Waals surface area contributed by atoms with Crippen molar-refractivity contribution in [1.29, 1.82) is 0 Å². The molecule has 2 heterocycles. The van der Waals surface area contributed by atoms with Crippen molar-refractivity contribution < 1.29 is 9.53 Å². The zero-order chi connectivity index (χ0) is 19.5. The second-order valence-corrected chi connectivity index (χ2v) is 7.73. The first-order chi connectivity index (χ1) is 13.7. The van der Waals surface area contributed by atoms with E-state index >= 15 is 0 Å². The number of fused-ring (bicyclic) bond motifs is 1. The summed E-state index contributed by atoms with van der Waals surface area (Å²) in [5.41, 5.74) is 1.85. The maximum absolute atomic E-state index is 13.2. The molecule has 0 amide bonds. The van der Waals surface area contributed by atoms with Gasteiger partial charge in [-0.2, -0.15) is 0 Å². The lowest BCUT2D eigenvalue weighted by atomic mass is 9.89. The fraction of sp³-hybridized carbons (Fsp3) is 0.304. The van der Waals surface area contributed by atoms with Crippen molar-refractivity contribution >= 4 is 28.2 Å². The van der Waals surface area contributed by atoms with Crippen LogP contribution in [0.25, 0.3) is 10.8 Å². The zero-order valence-corrected chi connectivity index (χ0v) is 16.7. The predicted octanol–water partition coefficient (Wildman–Crippen LogP) is 4.99. The van der Waals surface area contributed by atoms with Crippen molar-refractivity contribution in [2.45, 2.75) is 19.4 Å². The second kappa shape index (κ2) is 8.29. The molecule has 0 bridgehead atoms. The highest BCUT2D eigenvalue weighted by molar-refractivity contribution is 6.31. The summed E-state index contributed by atoms with van der Waals surface area (Å²) in [5, 5.41) is 2.93. The van der Waals surface area contributed by atoms with Crippen LogP contribution >= 0.6 is 11.6 Å². The Morgan fingerprint density at radius 1 is 1.29 bits per heavy atom. The van der Waals surface area contributed by atoms with Crippen molar-refractivity contribution in [2.75, 3.05) is 20.2 Å². The highest BCUT2D eigenvalue weighted by Crippen LogP contribution is 2.29. The molecule has 5 heteroatoms. The van der Waals surface area contributed by atoms with Crippen molar-refractivity contribution in [3.05, 3.63) is 71.0 Å². The minimum absolute atomic E-state index is 0.0437. The molecule has 144 valence electrons. The number of methoxy groups -OCH3 is 1. The molecule has 0 spiro atoms. The van der Waals surface area contributed by atoms with E-state index in [1.807, 2.05) is 12.4 Å². The molecule has 1 aliphatic heterocycles. The van der Waals surface area contributed by atoms with Gasteiger partial charge in [0.25, 0.3) is 0 Å². The van der Waals surface area contributed by atoms with Gasteiger partial charge in [-0.3, -0.25) is 14.7 Å². The molecule has 4 rings (SSSR count). The van der Waals surface area contributed by atoms with Crippen LogP contribution in [0.4, 0.5) is 0 Å². The number of hydrogen-bond acceptors (Lipinski definition) is 4. The van der Waals surface area contributed by atoms with Crippen LogP contribution in [0.5, 0.6) is 5.75 Å². The number of ketones is 1. The van der Waals surface area contributed by atoms with Crippen LogP contribution < -0.4 is 4.74 Å². The third-order valence-corrected chi connectivity index (χ3v) is 5.70. The number of ether oxygens (including phenoxy) is 1. The van der Waals surface area contributed by atoms with Gasteiger partial charge >= 0.3 is 0 Å². The average molecular weight is 395 g/mol. The molecule has 2 aromatic carbocycles. The van der Waals surface area contributed by atoms with E-state index in [4.69, 9.17) is 16.3 Å². The monoisotopic (exact) mass is 394 g/mol. The molecule has 3 aromatic rings. The van der Waals surface area contributed by atoms with Crippen LogP contribution in [-0.2, 0) is 6.54 Å². The number of Topliss-reactive ketones (excluding diaryl/α,β-unsaturated/α-hetero) is 1. The summed E-state index contributed by atoms with van der Waals surface area (Å²) in [7, 11) is 1.59. The molecule has 4 nitrogen and oxygen atoms in total. The standard InChI is InChI=1S/C23H23ClN2O2/c1-28-22-8-7-19(24)12-21(22)23(27)18-6-3-11-26(15-18)14-17-5-2-4-16-13-25-10-9-20(16)17/h2,4-5,7-10,12-13,18H,3,6,11,14-15H2,1H3/t18-/m0/s1. The van der Waals surface area contributed by atoms with E-state index in [1.165, 1.54) is 10.9 Å². The number of likely N-dealkylation sites (tertiary alicyclic amines) is 1. The van der Waals surface area contributed by atoms with Crippen LogP contribution in [0.1, 0.15) is 28.8 Å². The third kappa shape index (κ3) is 3.89. The van der Waals surface area contributed by atoms with Gasteiger partial charge in [-0.25, -0.2) is 0 Å². The number of aromatic nitrogens is 1. The van der Waals surface area contributed by atoms with Crippen molar-refractivity contribution in [3.8, 4) is 5.75 Å². The number of halogens is 1. The lowest BCUT2D eigenvalue weighted by molar-refractivity contribution is 0.0809. The SMILES string of the molecule is COc1ccc(Cl)cc1C(=O)[C@H]1CCCN(Cc2cccc3cnccc23)C1. The number of carbonyl (C=O) groups is 1. The van der Waals surface area contributed by atoms with Crippen molar-refractivity contribution in [3.63, 3.8) is 0 Å². The molecule has 0 N–H and O–H groups in total. The molecular weight excluding hydrogens is 372 g/mol. The number of benzene rings is 2. The van der Waals surface area contributed by atoms with Crippen molar-refractivity contribution in [2.24, 2.45) is 5.92 Å². The molecule has 0 saturated carbocycles. The third-order valence-electron chi connectivity index (χ3n) is 5.47. The molecular formula is C23H23ClN2O2. The Bertz CT molecular complexity index is 1000. The van der Waals surface area contributed by atoms with Gasteiger partial charge in [0.1, 0.15) is 5.75 Å². The fourth-order valence-electron chi connectivity index (χ4n) is 4.07. The van der Waals surface area contributed by atoms with Gasteiger partial charge in [0.2, 0.25) is 0 Å². The smallest absolute Gasteiger partial charge is 0.170 e. The number of piperidine rings is 1. The summed E-state index contributed by atoms with van der Waals surface area (Å²) < 4.78 is 5.38. The Morgan fingerprint density at radius 3 is 3.04 bits per heavy atom. The number of rotatable bonds is 5. The fourth-order valence-corrected chi connectivity index (χ4v) is 4.25. The maximum atomic E-state index is 13.2. The minimum atomic E-state index is -0.0437. The van der Waals surface area contributed by atoms with Gasteiger partial charge in [-0.1, -0.05) is 29.8 Å². The topological polar surface area (TPSA) is 42.4 Å². The average Bonchev–Trinajstić information content (AvgIpc) is 2.74. The Balaban J connectivity index is 1.53. The summed E-state index contributed by atoms with van der Waals surface area (Å²) in [6, 6.07) is 13.6. The maximum Gasteiger partial charge on any atom is 0.170 e. The Kier molecular flexibility index (Phi) is 5.60. The Labute approximate surface area is 170 Å². The molecule has 1 atom stereocenters. The van der Waals surface area contributed by atoms with E-state index in [1.54, 1.807) is 25.3 Å². The summed E-state index contributed by atoms with van der Waals surface area (Å²) in [4.78, 5) is 19.8. The first-order valence-corrected chi connectivity index (χ1v) is 9.95. The van der Waals surface area contributed by atoms with E-state index < -0.39 is 0 Å². The molecule has 1 fully saturated rings. The van der Waals surface area contributed by atoms with Crippen LogP contribution in [0.2, 0.25) is 5.02 Å². The van der Waals surface area contributed by atoms with Gasteiger partial charge in [0.05, 0.1) is 12.7 Å². The van der Waals surface area contributed by atoms with E-state index in [9.17, 15) is 4.79 Å². The second-order valence-electron chi connectivity index (χ2n) is 7.30. The lowest BCUT2D eigenvalue weighted by Gasteiger charge is -2.32. The molecule has 0 aliphatic carbocycles. The zero-order valence-electron chi connectivity index (χ0n) is 15.9. The summed E-state index contributed by atoms with van der Waals surface area (Å²) in [6.45, 7) is 2.58. The first-order valence-electron chi connectivity index (χ1n) is 9.57. The van der Waals surface area contributed by atoms with Gasteiger partial charge in [-0.15, -0.1) is 0 Å². The molecule has 1 aromatic heterocycles. The summed E-state index contributed by atoms with van der Waals surface area (Å²) in [5.74, 6) is 0.664.